The summed E-state index contributed by atoms with van der Waals surface area (Å²) in [5, 5.41) is 10.4. The van der Waals surface area contributed by atoms with Gasteiger partial charge < -0.3 is 35.8 Å². The molecule has 18 heteroatoms. The van der Waals surface area contributed by atoms with Crippen molar-refractivity contribution in [3.8, 4) is 0 Å². The predicted octanol–water partition coefficient (Wildman–Crippen LogP) is 5.76. The number of ether oxygens (including phenoxy) is 1. The largest absolute Gasteiger partial charge is 0.444 e. The molecular formula is C45H72F4N6O8. The van der Waals surface area contributed by atoms with Gasteiger partial charge in [-0.05, 0) is 71.3 Å². The number of hydrogen-bond acceptors (Lipinski definition) is 9. The van der Waals surface area contributed by atoms with Gasteiger partial charge in [0.1, 0.15) is 11.6 Å². The van der Waals surface area contributed by atoms with Crippen molar-refractivity contribution in [2.75, 3.05) is 41.3 Å². The highest BCUT2D eigenvalue weighted by Gasteiger charge is 2.56. The molecule has 0 spiro atoms. The normalized spacial score (nSPS) is 21.0. The molecule has 4 aliphatic rings. The molecule has 4 rings (SSSR count). The number of hydrogen-bond donors (Lipinski definition) is 4. The first kappa shape index (κ1) is 56.4. The van der Waals surface area contributed by atoms with Gasteiger partial charge in [-0.15, -0.1) is 0 Å². The number of rotatable bonds is 16. The molecule has 63 heavy (non-hydrogen) atoms. The van der Waals surface area contributed by atoms with Gasteiger partial charge in [-0.3, -0.25) is 28.8 Å². The lowest BCUT2D eigenvalue weighted by molar-refractivity contribution is -0.139. The van der Waals surface area contributed by atoms with Crippen LogP contribution in [-0.2, 0) is 33.5 Å². The van der Waals surface area contributed by atoms with Crippen molar-refractivity contribution in [3.05, 3.63) is 36.5 Å². The number of ketones is 2. The fourth-order valence-corrected chi connectivity index (χ4v) is 7.51. The Balaban J connectivity index is 0.000000462. The van der Waals surface area contributed by atoms with Crippen LogP contribution in [0, 0.1) is 23.7 Å². The average molecular weight is 901 g/mol. The number of carbonyl (C=O) groups is 7. The minimum absolute atomic E-state index is 0.00972. The lowest BCUT2D eigenvalue weighted by Gasteiger charge is -2.30. The van der Waals surface area contributed by atoms with Crippen molar-refractivity contribution in [1.82, 2.24) is 31.1 Å². The Morgan fingerprint density at radius 1 is 0.937 bits per heavy atom. The number of alkyl carbamates (subject to hydrolysis) is 1. The Hall–Kier alpha value is -4.61. The van der Waals surface area contributed by atoms with Crippen molar-refractivity contribution >= 4 is 41.8 Å². The molecular weight excluding hydrogens is 829 g/mol. The van der Waals surface area contributed by atoms with Crippen LogP contribution in [0.3, 0.4) is 0 Å². The van der Waals surface area contributed by atoms with E-state index in [4.69, 9.17) is 4.74 Å². The highest BCUT2D eigenvalue weighted by atomic mass is 19.3. The summed E-state index contributed by atoms with van der Waals surface area (Å²) in [6.07, 6.45) is 15.0. The predicted molar refractivity (Wildman–Crippen MR) is 233 cm³/mol. The molecule has 5 atom stereocenters. The number of nitrogens with one attached hydrogen (secondary N) is 4. The van der Waals surface area contributed by atoms with Gasteiger partial charge in [-0.1, -0.05) is 62.6 Å². The third-order valence-electron chi connectivity index (χ3n) is 11.5. The van der Waals surface area contributed by atoms with Crippen molar-refractivity contribution in [3.63, 3.8) is 0 Å². The van der Waals surface area contributed by atoms with Gasteiger partial charge in [-0.25, -0.2) is 22.4 Å². The van der Waals surface area contributed by atoms with E-state index >= 15 is 0 Å². The van der Waals surface area contributed by atoms with Crippen LogP contribution in [0.1, 0.15) is 105 Å². The van der Waals surface area contributed by atoms with E-state index in [1.807, 2.05) is 57.2 Å². The number of fused-ring (bicyclic) bond motifs is 1. The summed E-state index contributed by atoms with van der Waals surface area (Å²) in [6, 6.07) is -2.45. The van der Waals surface area contributed by atoms with Crippen LogP contribution in [0.15, 0.2) is 36.5 Å². The number of likely N-dealkylation sites (N-methyl/N-ethyl adjacent to an activating group) is 2. The Bertz CT molecular complexity index is 1570. The number of nitrogens with zero attached hydrogens (tertiary/aromatic N) is 2. The number of likely N-dealkylation sites (tertiary alicyclic amines) is 1. The van der Waals surface area contributed by atoms with Crippen LogP contribution in [0.5, 0.6) is 0 Å². The van der Waals surface area contributed by atoms with E-state index in [2.05, 4.69) is 28.2 Å². The summed E-state index contributed by atoms with van der Waals surface area (Å²) in [4.78, 5) is 82.9. The minimum atomic E-state index is -2.94. The molecule has 3 fully saturated rings. The van der Waals surface area contributed by atoms with E-state index < -0.39 is 79.4 Å². The zero-order valence-electron chi connectivity index (χ0n) is 38.5. The second-order valence-electron chi connectivity index (χ2n) is 17.2. The van der Waals surface area contributed by atoms with E-state index in [1.165, 1.54) is 32.1 Å². The third kappa shape index (κ3) is 21.6. The van der Waals surface area contributed by atoms with Gasteiger partial charge >= 0.3 is 6.09 Å². The highest BCUT2D eigenvalue weighted by Crippen LogP contribution is 2.49. The molecule has 3 aliphatic carbocycles. The molecule has 358 valence electrons. The molecule has 1 aliphatic heterocycles. The van der Waals surface area contributed by atoms with Crippen LogP contribution in [0.25, 0.3) is 0 Å². The van der Waals surface area contributed by atoms with Gasteiger partial charge in [0.2, 0.25) is 42.3 Å². The molecule has 14 nitrogen and oxygen atoms in total. The zero-order valence-corrected chi connectivity index (χ0v) is 38.5. The molecule has 0 aromatic carbocycles. The summed E-state index contributed by atoms with van der Waals surface area (Å²) in [7, 11) is 6.91. The highest BCUT2D eigenvalue weighted by molar-refractivity contribution is 6.38. The smallest absolute Gasteiger partial charge is 0.407 e. The lowest BCUT2D eigenvalue weighted by Crippen LogP contribution is -2.52. The summed E-state index contributed by atoms with van der Waals surface area (Å²) >= 11 is 0. The summed E-state index contributed by atoms with van der Waals surface area (Å²) in [5.41, 5.74) is -0.365. The fourth-order valence-electron chi connectivity index (χ4n) is 7.51. The van der Waals surface area contributed by atoms with E-state index in [1.54, 1.807) is 33.1 Å². The maximum absolute atomic E-state index is 13.6. The van der Waals surface area contributed by atoms with Gasteiger partial charge in [-0.2, -0.15) is 0 Å². The number of amides is 5. The van der Waals surface area contributed by atoms with E-state index in [-0.39, 0.29) is 42.0 Å². The number of halogens is 4. The maximum Gasteiger partial charge on any atom is 0.407 e. The molecule has 0 bridgehead atoms. The first-order valence-electron chi connectivity index (χ1n) is 21.8. The fraction of sp³-hybridized carbons (Fsp3) is 0.711. The van der Waals surface area contributed by atoms with Crippen molar-refractivity contribution < 1.29 is 55.9 Å². The van der Waals surface area contributed by atoms with Gasteiger partial charge in [0.15, 0.2) is 5.78 Å². The Morgan fingerprint density at radius 2 is 1.54 bits per heavy atom. The van der Waals surface area contributed by atoms with Crippen LogP contribution in [-0.4, -0.2) is 129 Å². The number of alkyl halides is 4. The van der Waals surface area contributed by atoms with Crippen LogP contribution in [0.4, 0.5) is 22.4 Å². The summed E-state index contributed by atoms with van der Waals surface area (Å²) < 4.78 is 57.5. The Morgan fingerprint density at radius 3 is 2.02 bits per heavy atom. The van der Waals surface area contributed by atoms with E-state index in [0.717, 1.165) is 18.2 Å². The molecule has 2 saturated carbocycles. The monoisotopic (exact) mass is 901 g/mol. The van der Waals surface area contributed by atoms with E-state index in [9.17, 15) is 51.1 Å². The second-order valence-corrected chi connectivity index (χ2v) is 17.2. The number of carbonyl (C=O) groups excluding carboxylic acids is 7. The molecule has 1 heterocycles. The molecule has 5 amide bonds. The average Bonchev–Trinajstić information content (AvgIpc) is 3.56. The summed E-state index contributed by atoms with van der Waals surface area (Å²) in [5.74, 6) is -6.04. The lowest BCUT2D eigenvalue weighted by atomic mass is 9.85. The van der Waals surface area contributed by atoms with Crippen molar-refractivity contribution in [2.45, 2.75) is 141 Å². The third-order valence-corrected chi connectivity index (χ3v) is 11.5. The molecule has 4 N–H and O–H groups in total. The Kier molecular flexibility index (Phi) is 25.3. The van der Waals surface area contributed by atoms with Crippen LogP contribution < -0.4 is 21.3 Å². The standard InChI is InChI=1S/C16H20F4N2O4.C14H27NO2.C11H15NO.C4H10N2O/c1-8(24)14(25)11(2-3-12(17)18)21-15(26)13-10-5-16(19,20)4-9(10)6-22(13)7-23;1-5-14(3,4)17-13(16)15-11(2)12-9-7-6-8-10-12;1-12(2)11(13)9-10-7-5-3-4-6-8-10;1-5-3-4(7)6-2/h7,9-13H,2-6H2,1H3,(H,21,26);11-12H,5-10H2,1-4H3,(H,15,16);3-8,10H,9H2,1-2H3;5H,3H2,1-2H3,(H,6,7)/t9-,10-,11?,13?;;;/m0.../s1. The molecule has 0 radical (unpaired) electrons. The minimum Gasteiger partial charge on any atom is -0.444 e. The quantitative estimate of drug-likeness (QED) is 0.0851. The molecule has 0 aromatic heterocycles. The van der Waals surface area contributed by atoms with Gasteiger partial charge in [0.05, 0.1) is 12.6 Å². The summed E-state index contributed by atoms with van der Waals surface area (Å²) in [6.45, 7) is 9.34. The first-order chi connectivity index (χ1) is 29.5. The second kappa shape index (κ2) is 28.2. The SMILES string of the molecule is CC(=O)C(=O)C(CCC(F)F)NC(=O)C1[C@H]2CC(F)(F)C[C@H]2CN1C=O.CCC(C)(C)OC(=O)NC(C)C1CCCCC1.CN(C)C(=O)CC1C=CC=CC=C1.CNCC(=O)NC. The molecule has 0 aromatic rings. The van der Waals surface area contributed by atoms with Crippen molar-refractivity contribution in [1.29, 1.82) is 0 Å². The van der Waals surface area contributed by atoms with Crippen LogP contribution in [0.2, 0.25) is 0 Å². The zero-order chi connectivity index (χ0) is 47.9. The molecule has 3 unspecified atom stereocenters. The van der Waals surface area contributed by atoms with E-state index in [0.29, 0.717) is 25.3 Å². The Labute approximate surface area is 370 Å². The first-order valence-corrected chi connectivity index (χ1v) is 21.8. The molecule has 1 saturated heterocycles. The number of Topliss-reactive ketones (excluding diaryl/α,β-unsaturated/α-hetero) is 2. The maximum atomic E-state index is 13.6. The van der Waals surface area contributed by atoms with Crippen molar-refractivity contribution in [2.24, 2.45) is 23.7 Å². The topological polar surface area (TPSA) is 183 Å². The van der Waals surface area contributed by atoms with Gasteiger partial charge in [0, 0.05) is 72.3 Å². The van der Waals surface area contributed by atoms with Gasteiger partial charge in [0.25, 0.3) is 0 Å². The number of allylic oxidation sites excluding steroid dienone is 6. The van der Waals surface area contributed by atoms with Crippen LogP contribution >= 0.6 is 0 Å².